The van der Waals surface area contributed by atoms with E-state index < -0.39 is 29.2 Å². The molecule has 4 heterocycles. The molecular weight excluding hydrogens is 683 g/mol. The number of carboxylic acids is 1. The van der Waals surface area contributed by atoms with Gasteiger partial charge in [-0.2, -0.15) is 5.48 Å². The van der Waals surface area contributed by atoms with E-state index in [1.54, 1.807) is 48.4 Å². The fraction of sp³-hybridized carbons (Fsp3) is 0.267. The highest BCUT2D eigenvalue weighted by Gasteiger charge is 2.46. The number of nitrogen functional groups attached to an aromatic ring is 1. The van der Waals surface area contributed by atoms with Crippen molar-refractivity contribution >= 4 is 75.4 Å². The highest BCUT2D eigenvalue weighted by atomic mass is 32.2. The number of rotatable bonds is 11. The van der Waals surface area contributed by atoms with E-state index in [0.717, 1.165) is 16.2 Å². The number of oxime groups is 1. The van der Waals surface area contributed by atoms with E-state index in [2.05, 4.69) is 10.1 Å². The van der Waals surface area contributed by atoms with Crippen LogP contribution in [0.25, 0.3) is 0 Å². The molecule has 0 aliphatic carbocycles. The first-order valence-corrected chi connectivity index (χ1v) is 17.1. The number of nitrogens with zero attached hydrogens (tertiary/aromatic N) is 5. The maximum atomic E-state index is 13.4. The minimum atomic E-state index is -1.79. The lowest BCUT2D eigenvalue weighted by molar-refractivity contribution is -0.679. The highest BCUT2D eigenvalue weighted by Crippen LogP contribution is 2.41. The first kappa shape index (κ1) is 34.4. The number of benzene rings is 1. The van der Waals surface area contributed by atoms with Crippen molar-refractivity contribution in [1.82, 2.24) is 15.4 Å². The third-order valence-corrected chi connectivity index (χ3v) is 10.1. The second kappa shape index (κ2) is 14.4. The fourth-order valence-corrected chi connectivity index (χ4v) is 7.15. The number of hydroxylamine groups is 1. The zero-order valence-corrected chi connectivity index (χ0v) is 28.3. The summed E-state index contributed by atoms with van der Waals surface area (Å²) in [5.41, 5.74) is 6.60. The standard InChI is InChI=1S/C30H29N7O8S3/c1-30(2,28(42)43)45-33-23(20-16-48-29(31)32-20)25(39)34-44-27(41)24-18(15-47-22-13-21(38)37(22)24)14-46-19-9-11-36(12-10-19)35(3)26(40)17-7-5-4-6-8-17/h4-12,16,22H,13-15H2,1-3H3,(H3-,31,32,34,39,42,43)/p+1/b33-23-/t22-/m0/s1. The first-order valence-electron chi connectivity index (χ1n) is 14.2. The number of β-lactam (4-membered cyclic amide) rings is 1. The smallest absolute Gasteiger partial charge is 0.379 e. The number of carbonyl (C=O) groups is 5. The number of thioether (sulfide) groups is 2. The number of fused-ring (bicyclic) bond motifs is 1. The van der Waals surface area contributed by atoms with Crippen molar-refractivity contribution in [3.63, 3.8) is 0 Å². The largest absolute Gasteiger partial charge is 0.478 e. The van der Waals surface area contributed by atoms with Crippen LogP contribution in [0.5, 0.6) is 0 Å². The van der Waals surface area contributed by atoms with Gasteiger partial charge in [-0.3, -0.25) is 19.3 Å². The maximum absolute atomic E-state index is 13.4. The molecule has 1 fully saturated rings. The van der Waals surface area contributed by atoms with Gasteiger partial charge in [-0.25, -0.2) is 14.6 Å². The average Bonchev–Trinajstić information content (AvgIpc) is 3.51. The number of aliphatic carboxylic acids is 1. The van der Waals surface area contributed by atoms with E-state index >= 15 is 0 Å². The van der Waals surface area contributed by atoms with Gasteiger partial charge in [-0.15, -0.1) is 39.9 Å². The monoisotopic (exact) mass is 712 g/mol. The second-order valence-electron chi connectivity index (χ2n) is 10.8. The molecule has 2 aromatic heterocycles. The predicted octanol–water partition coefficient (Wildman–Crippen LogP) is 1.93. The number of thiazole rings is 1. The molecule has 0 spiro atoms. The van der Waals surface area contributed by atoms with Gasteiger partial charge in [-0.05, 0) is 31.6 Å². The summed E-state index contributed by atoms with van der Waals surface area (Å²) in [4.78, 5) is 79.7. The molecule has 3 amide bonds. The lowest BCUT2D eigenvalue weighted by Crippen LogP contribution is -2.57. The van der Waals surface area contributed by atoms with Crippen molar-refractivity contribution in [3.8, 4) is 0 Å². The van der Waals surface area contributed by atoms with Crippen molar-refractivity contribution in [2.24, 2.45) is 5.16 Å². The molecule has 0 radical (unpaired) electrons. The molecule has 3 aromatic rings. The quantitative estimate of drug-likeness (QED) is 0.0860. The zero-order valence-electron chi connectivity index (χ0n) is 25.8. The summed E-state index contributed by atoms with van der Waals surface area (Å²) in [6, 6.07) is 12.6. The van der Waals surface area contributed by atoms with Crippen LogP contribution in [0.3, 0.4) is 0 Å². The molecule has 0 unspecified atom stereocenters. The average molecular weight is 713 g/mol. The highest BCUT2D eigenvalue weighted by molar-refractivity contribution is 8.01. The summed E-state index contributed by atoms with van der Waals surface area (Å²) >= 11 is 3.94. The number of amides is 3. The number of carbonyl (C=O) groups excluding carboxylic acids is 4. The molecule has 0 bridgehead atoms. The van der Waals surface area contributed by atoms with Gasteiger partial charge < -0.3 is 20.5 Å². The number of nitrogens with two attached hydrogens (primary N) is 1. The van der Waals surface area contributed by atoms with E-state index in [0.29, 0.717) is 22.6 Å². The van der Waals surface area contributed by atoms with Gasteiger partial charge in [0.25, 0.3) is 0 Å². The molecule has 2 aliphatic heterocycles. The Bertz CT molecular complexity index is 1810. The third kappa shape index (κ3) is 7.61. The van der Waals surface area contributed by atoms with Crippen molar-refractivity contribution < 1.29 is 43.4 Å². The number of aromatic nitrogens is 2. The van der Waals surface area contributed by atoms with Crippen LogP contribution in [0.2, 0.25) is 0 Å². The van der Waals surface area contributed by atoms with Crippen molar-refractivity contribution in [3.05, 3.63) is 82.8 Å². The maximum Gasteiger partial charge on any atom is 0.379 e. The summed E-state index contributed by atoms with van der Waals surface area (Å²) in [7, 11) is 1.66. The normalized spacial score (nSPS) is 16.1. The summed E-state index contributed by atoms with van der Waals surface area (Å²) in [5, 5.41) is 15.8. The van der Waals surface area contributed by atoms with Gasteiger partial charge in [-0.1, -0.05) is 28.0 Å². The van der Waals surface area contributed by atoms with Crippen LogP contribution in [0.4, 0.5) is 5.13 Å². The van der Waals surface area contributed by atoms with Crippen molar-refractivity contribution in [1.29, 1.82) is 0 Å². The molecule has 1 atom stereocenters. The summed E-state index contributed by atoms with van der Waals surface area (Å²) < 4.78 is 1.65. The predicted molar refractivity (Wildman–Crippen MR) is 177 cm³/mol. The number of hydrogen-bond donors (Lipinski definition) is 3. The van der Waals surface area contributed by atoms with Crippen LogP contribution >= 0.6 is 34.9 Å². The van der Waals surface area contributed by atoms with Gasteiger partial charge in [0.1, 0.15) is 11.4 Å². The van der Waals surface area contributed by atoms with Crippen LogP contribution in [0.1, 0.15) is 36.3 Å². The molecule has 15 nitrogen and oxygen atoms in total. The van der Waals surface area contributed by atoms with E-state index in [-0.39, 0.29) is 40.1 Å². The number of nitrogens with one attached hydrogen (secondary N) is 1. The Morgan fingerprint density at radius 1 is 1.21 bits per heavy atom. The first-order chi connectivity index (χ1) is 22.9. The van der Waals surface area contributed by atoms with Crippen molar-refractivity contribution in [2.45, 2.75) is 36.1 Å². The van der Waals surface area contributed by atoms with Crippen LogP contribution in [-0.4, -0.2) is 79.9 Å². The summed E-state index contributed by atoms with van der Waals surface area (Å²) in [5.74, 6) is -3.02. The van der Waals surface area contributed by atoms with Crippen LogP contribution in [0.15, 0.2) is 81.6 Å². The molecule has 0 saturated carbocycles. The van der Waals surface area contributed by atoms with E-state index in [9.17, 15) is 29.1 Å². The Labute approximate surface area is 286 Å². The third-order valence-electron chi connectivity index (χ3n) is 7.08. The molecule has 1 aromatic carbocycles. The van der Waals surface area contributed by atoms with Crippen LogP contribution in [0, 0.1) is 0 Å². The number of carboxylic acid groups (broad SMARTS) is 1. The Balaban J connectivity index is 1.29. The minimum absolute atomic E-state index is 0.0293. The summed E-state index contributed by atoms with van der Waals surface area (Å²) in [6.45, 7) is 2.46. The van der Waals surface area contributed by atoms with Gasteiger partial charge >= 0.3 is 23.8 Å². The van der Waals surface area contributed by atoms with Gasteiger partial charge in [0, 0.05) is 39.5 Å². The molecule has 5 rings (SSSR count). The van der Waals surface area contributed by atoms with Gasteiger partial charge in [0.05, 0.1) is 18.8 Å². The molecule has 1 saturated heterocycles. The van der Waals surface area contributed by atoms with Gasteiger partial charge in [0.2, 0.25) is 23.9 Å². The Morgan fingerprint density at radius 2 is 1.92 bits per heavy atom. The molecular formula is C30H30N7O8S3+. The van der Waals surface area contributed by atoms with Crippen LogP contribution < -0.4 is 20.9 Å². The van der Waals surface area contributed by atoms with Crippen LogP contribution in [-0.2, 0) is 28.9 Å². The topological polar surface area (TPSA) is 198 Å². The van der Waals surface area contributed by atoms with Gasteiger partial charge in [0.15, 0.2) is 10.8 Å². The SMILES string of the molecule is CN(C(=O)c1ccccc1)[n+]1ccc(SCC2=C(C(=O)ONC(=O)/C(=N\OC(C)(C)C(=O)O)c3csc(N)n3)N3C(=O)C[C@@H]3SC2)cc1. The summed E-state index contributed by atoms with van der Waals surface area (Å²) in [6.07, 6.45) is 3.74. The Morgan fingerprint density at radius 3 is 2.54 bits per heavy atom. The molecule has 48 heavy (non-hydrogen) atoms. The lowest BCUT2D eigenvalue weighted by Gasteiger charge is -2.44. The van der Waals surface area contributed by atoms with E-state index in [1.165, 1.54) is 52.7 Å². The number of anilines is 1. The molecule has 2 aliphatic rings. The molecule has 250 valence electrons. The molecule has 4 N–H and O–H groups in total. The minimum Gasteiger partial charge on any atom is -0.478 e. The molecule has 18 heteroatoms. The van der Waals surface area contributed by atoms with Crippen molar-refractivity contribution in [2.75, 3.05) is 29.3 Å². The fourth-order valence-electron chi connectivity index (χ4n) is 4.31. The van der Waals surface area contributed by atoms with E-state index in [4.69, 9.17) is 15.4 Å². The zero-order chi connectivity index (χ0) is 34.6. The number of pyridine rings is 1. The second-order valence-corrected chi connectivity index (χ2v) is 13.9. The lowest BCUT2D eigenvalue weighted by atomic mass is 10.1. The van der Waals surface area contributed by atoms with E-state index in [1.807, 2.05) is 23.7 Å². The Kier molecular flexibility index (Phi) is 10.4. The number of hydrogen-bond acceptors (Lipinski definition) is 13. The Hall–Kier alpha value is -4.94.